The van der Waals surface area contributed by atoms with Gasteiger partial charge in [0, 0.05) is 4.47 Å². The zero-order valence-corrected chi connectivity index (χ0v) is 28.6. The molecule has 0 radical (unpaired) electrons. The lowest BCUT2D eigenvalue weighted by Crippen LogP contribution is -2.02. The summed E-state index contributed by atoms with van der Waals surface area (Å²) in [5.41, 5.74) is 14.8. The normalized spacial score (nSPS) is 11.9. The number of benzene rings is 8. The van der Waals surface area contributed by atoms with E-state index in [1.807, 2.05) is 0 Å². The Balaban J connectivity index is 1.56. The molecule has 0 saturated heterocycles. The highest BCUT2D eigenvalue weighted by Gasteiger charge is 2.34. The highest BCUT2D eigenvalue weighted by molar-refractivity contribution is 9.10. The van der Waals surface area contributed by atoms with Crippen LogP contribution in [0.25, 0.3) is 88.0 Å². The van der Waals surface area contributed by atoms with Crippen LogP contribution < -0.4 is 0 Å². The molecular formula is C47H35Br. The molecule has 0 nitrogen and oxygen atoms in total. The molecule has 48 heavy (non-hydrogen) atoms. The summed E-state index contributed by atoms with van der Waals surface area (Å²) in [4.78, 5) is 0. The molecule has 0 atom stereocenters. The van der Waals surface area contributed by atoms with Crippen molar-refractivity contribution in [2.75, 3.05) is 0 Å². The van der Waals surface area contributed by atoms with Gasteiger partial charge in [-0.25, -0.2) is 0 Å². The summed E-state index contributed by atoms with van der Waals surface area (Å²) in [6.45, 7) is 2.30. The Morgan fingerprint density at radius 2 is 0.917 bits per heavy atom. The zero-order chi connectivity index (χ0) is 32.2. The second-order valence-electron chi connectivity index (χ2n) is 13.1. The van der Waals surface area contributed by atoms with Gasteiger partial charge in [-0.3, -0.25) is 0 Å². The molecule has 8 aromatic rings. The Bertz CT molecular complexity index is 2470. The van der Waals surface area contributed by atoms with Gasteiger partial charge in [0.1, 0.15) is 0 Å². The minimum atomic E-state index is 1.02. The molecule has 0 saturated carbocycles. The molecule has 1 aliphatic rings. The highest BCUT2D eigenvalue weighted by Crippen LogP contribution is 2.60. The van der Waals surface area contributed by atoms with Gasteiger partial charge in [0.25, 0.3) is 0 Å². The molecule has 0 heterocycles. The molecule has 0 bridgehead atoms. The first-order valence-electron chi connectivity index (χ1n) is 17.2. The van der Waals surface area contributed by atoms with Crippen molar-refractivity contribution in [1.29, 1.82) is 0 Å². The van der Waals surface area contributed by atoms with Crippen molar-refractivity contribution in [3.05, 3.63) is 156 Å². The van der Waals surface area contributed by atoms with Crippen molar-refractivity contribution in [3.63, 3.8) is 0 Å². The second-order valence-corrected chi connectivity index (χ2v) is 14.0. The Morgan fingerprint density at radius 1 is 0.438 bits per heavy atom. The van der Waals surface area contributed by atoms with Crippen LogP contribution in [0, 0.1) is 0 Å². The Labute approximate surface area is 290 Å². The van der Waals surface area contributed by atoms with Crippen LogP contribution in [0.2, 0.25) is 0 Å². The molecule has 0 spiro atoms. The number of hydrogen-bond donors (Lipinski definition) is 0. The summed E-state index contributed by atoms with van der Waals surface area (Å²) < 4.78 is 1.10. The van der Waals surface area contributed by atoms with Gasteiger partial charge >= 0.3 is 0 Å². The van der Waals surface area contributed by atoms with Gasteiger partial charge < -0.3 is 0 Å². The van der Waals surface area contributed by atoms with Gasteiger partial charge in [0.15, 0.2) is 0 Å². The van der Waals surface area contributed by atoms with Crippen molar-refractivity contribution in [2.45, 2.75) is 32.6 Å². The van der Waals surface area contributed by atoms with Gasteiger partial charge in [0.05, 0.1) is 0 Å². The van der Waals surface area contributed by atoms with E-state index >= 15 is 0 Å². The first-order chi connectivity index (χ1) is 23.7. The third-order valence-electron chi connectivity index (χ3n) is 10.3. The van der Waals surface area contributed by atoms with Crippen LogP contribution in [-0.4, -0.2) is 0 Å². The van der Waals surface area contributed by atoms with E-state index in [0.29, 0.717) is 0 Å². The van der Waals surface area contributed by atoms with Gasteiger partial charge in [0.2, 0.25) is 0 Å². The van der Waals surface area contributed by atoms with E-state index in [1.54, 1.807) is 0 Å². The van der Waals surface area contributed by atoms with Crippen LogP contribution in [0.15, 0.2) is 150 Å². The summed E-state index contributed by atoms with van der Waals surface area (Å²) >= 11 is 3.74. The minimum absolute atomic E-state index is 1.02. The van der Waals surface area contributed by atoms with Crippen LogP contribution in [0.1, 0.15) is 31.7 Å². The lowest BCUT2D eigenvalue weighted by molar-refractivity contribution is 0.719. The lowest BCUT2D eigenvalue weighted by atomic mass is 9.77. The minimum Gasteiger partial charge on any atom is -0.0654 e. The summed E-state index contributed by atoms with van der Waals surface area (Å²) in [7, 11) is 0. The summed E-state index contributed by atoms with van der Waals surface area (Å²) in [5, 5.41) is 7.96. The van der Waals surface area contributed by atoms with Crippen molar-refractivity contribution in [2.24, 2.45) is 0 Å². The van der Waals surface area contributed by atoms with Gasteiger partial charge in [-0.2, -0.15) is 0 Å². The van der Waals surface area contributed by atoms with Crippen molar-refractivity contribution in [3.8, 4) is 55.6 Å². The maximum absolute atomic E-state index is 3.74. The Kier molecular flexibility index (Phi) is 7.25. The molecule has 8 aromatic carbocycles. The molecule has 1 heteroatoms. The number of rotatable bonds is 7. The predicted molar refractivity (Wildman–Crippen MR) is 211 cm³/mol. The fourth-order valence-electron chi connectivity index (χ4n) is 8.27. The van der Waals surface area contributed by atoms with E-state index < -0.39 is 0 Å². The molecule has 1 aliphatic carbocycles. The fraction of sp³-hybridized carbons (Fsp3) is 0.106. The summed E-state index contributed by atoms with van der Waals surface area (Å²) in [6, 6.07) is 54.3. The predicted octanol–water partition coefficient (Wildman–Crippen LogP) is 14.3. The molecule has 230 valence electrons. The van der Waals surface area contributed by atoms with Crippen molar-refractivity contribution >= 4 is 48.2 Å². The lowest BCUT2D eigenvalue weighted by Gasteiger charge is -2.26. The van der Waals surface area contributed by atoms with Crippen LogP contribution >= 0.6 is 15.9 Å². The number of halogens is 1. The second kappa shape index (κ2) is 11.9. The van der Waals surface area contributed by atoms with Gasteiger partial charge in [-0.1, -0.05) is 157 Å². The monoisotopic (exact) mass is 678 g/mol. The number of unbranched alkanes of at least 4 members (excludes halogenated alkanes) is 2. The van der Waals surface area contributed by atoms with E-state index in [4.69, 9.17) is 0 Å². The zero-order valence-electron chi connectivity index (χ0n) is 27.1. The smallest absolute Gasteiger partial charge is 0.0175 e. The number of hydrogen-bond acceptors (Lipinski definition) is 0. The summed E-state index contributed by atoms with van der Waals surface area (Å²) in [5.74, 6) is 0. The van der Waals surface area contributed by atoms with Crippen LogP contribution in [0.4, 0.5) is 0 Å². The molecule has 0 amide bonds. The van der Waals surface area contributed by atoms with Crippen LogP contribution in [0.3, 0.4) is 0 Å². The Morgan fingerprint density at radius 3 is 1.50 bits per heavy atom. The standard InChI is InChI=1S/C47H35Br/c1-2-3-6-23-38-41(32-24-26-35(48)27-25-32)43(31-17-9-5-10-18-31)47-40-29-34-20-12-14-22-37(34)44-36-21-13-11-19-33(36)28-39(45(40)44)46(47)42(38)30-15-7-4-8-16-30/h4-5,7-22,24-29H,2-3,6,23H2,1H3. The van der Waals surface area contributed by atoms with E-state index in [1.165, 1.54) is 106 Å². The molecule has 0 fully saturated rings. The van der Waals surface area contributed by atoms with Crippen molar-refractivity contribution in [1.82, 2.24) is 0 Å². The van der Waals surface area contributed by atoms with Gasteiger partial charge in [-0.05, 0) is 131 Å². The largest absolute Gasteiger partial charge is 0.0654 e. The Hall–Kier alpha value is -4.98. The average Bonchev–Trinajstić information content (AvgIpc) is 3.45. The quantitative estimate of drug-likeness (QED) is 0.116. The summed E-state index contributed by atoms with van der Waals surface area (Å²) in [6.07, 6.45) is 4.56. The maximum atomic E-state index is 3.74. The SMILES string of the molecule is CCCCCc1c(-c2ccc(Br)cc2)c(-c2ccccc2)c2c(c1-c1ccccc1)-c1cc3ccccc3c3c1c-2cc1ccccc13. The third-order valence-corrected chi connectivity index (χ3v) is 10.8. The van der Waals surface area contributed by atoms with Gasteiger partial charge in [-0.15, -0.1) is 0 Å². The van der Waals surface area contributed by atoms with Crippen LogP contribution in [0.5, 0.6) is 0 Å². The number of fused-ring (bicyclic) bond motifs is 7. The third kappa shape index (κ3) is 4.56. The molecule has 0 aliphatic heterocycles. The van der Waals surface area contributed by atoms with Crippen LogP contribution in [-0.2, 0) is 6.42 Å². The molecular weight excluding hydrogens is 644 g/mol. The van der Waals surface area contributed by atoms with E-state index in [2.05, 4.69) is 168 Å². The van der Waals surface area contributed by atoms with E-state index in [9.17, 15) is 0 Å². The van der Waals surface area contributed by atoms with E-state index in [-0.39, 0.29) is 0 Å². The maximum Gasteiger partial charge on any atom is 0.0175 e. The molecule has 0 unspecified atom stereocenters. The highest BCUT2D eigenvalue weighted by atomic mass is 79.9. The first-order valence-corrected chi connectivity index (χ1v) is 18.0. The topological polar surface area (TPSA) is 0 Å². The molecule has 0 aromatic heterocycles. The molecule has 0 N–H and O–H groups in total. The van der Waals surface area contributed by atoms with Crippen molar-refractivity contribution < 1.29 is 0 Å². The first kappa shape index (κ1) is 29.2. The molecule has 9 rings (SSSR count). The fourth-order valence-corrected chi connectivity index (χ4v) is 8.54. The van der Waals surface area contributed by atoms with E-state index in [0.717, 1.165) is 17.3 Å². The average molecular weight is 680 g/mol.